The number of nitrogens with one attached hydrogen (secondary N) is 1. The molecule has 0 saturated carbocycles. The van der Waals surface area contributed by atoms with E-state index >= 15 is 0 Å². The number of ether oxygens (including phenoxy) is 3. The van der Waals surface area contributed by atoms with Crippen LogP contribution in [-0.4, -0.2) is 32.2 Å². The predicted molar refractivity (Wildman–Crippen MR) is 130 cm³/mol. The third kappa shape index (κ3) is 6.34. The van der Waals surface area contributed by atoms with Gasteiger partial charge in [0.05, 0.1) is 20.3 Å². The number of carbonyl (C=O) groups excluding carboxylic acids is 2. The van der Waals surface area contributed by atoms with Crippen LogP contribution in [0.2, 0.25) is 0 Å². The Morgan fingerprint density at radius 2 is 1.72 bits per heavy atom. The molecule has 0 fully saturated rings. The summed E-state index contributed by atoms with van der Waals surface area (Å²) in [6.07, 6.45) is 0.807. The molecule has 0 atom stereocenters. The van der Waals surface area contributed by atoms with Crippen LogP contribution in [0, 0.1) is 0 Å². The minimum Gasteiger partial charge on any atom is -0.497 e. The maximum atomic E-state index is 12.6. The SMILES string of the molecule is CCOC(=O)c1c(-c2ccc(Br)cc2)csc1NC(=O)CCCOc1ccc(OC)cc1. The number of anilines is 1. The normalized spacial score (nSPS) is 10.5. The van der Waals surface area contributed by atoms with Gasteiger partial charge in [-0.05, 0) is 55.3 Å². The first-order valence-electron chi connectivity index (χ1n) is 10.1. The molecule has 0 aliphatic carbocycles. The first-order chi connectivity index (χ1) is 15.5. The Morgan fingerprint density at radius 3 is 2.38 bits per heavy atom. The van der Waals surface area contributed by atoms with E-state index in [2.05, 4.69) is 21.2 Å². The maximum Gasteiger partial charge on any atom is 0.341 e. The highest BCUT2D eigenvalue weighted by molar-refractivity contribution is 9.10. The van der Waals surface area contributed by atoms with Crippen molar-refractivity contribution in [3.05, 3.63) is 63.9 Å². The van der Waals surface area contributed by atoms with Crippen molar-refractivity contribution in [1.29, 1.82) is 0 Å². The van der Waals surface area contributed by atoms with Gasteiger partial charge in [0, 0.05) is 21.8 Å². The summed E-state index contributed by atoms with van der Waals surface area (Å²) in [6, 6.07) is 14.9. The van der Waals surface area contributed by atoms with Gasteiger partial charge in [0.2, 0.25) is 5.91 Å². The zero-order chi connectivity index (χ0) is 22.9. The summed E-state index contributed by atoms with van der Waals surface area (Å²) in [5.41, 5.74) is 1.99. The molecule has 2 aromatic carbocycles. The van der Waals surface area contributed by atoms with Gasteiger partial charge in [-0.3, -0.25) is 4.79 Å². The quantitative estimate of drug-likeness (QED) is 0.257. The summed E-state index contributed by atoms with van der Waals surface area (Å²) in [4.78, 5) is 25.1. The molecule has 3 aromatic rings. The zero-order valence-corrected chi connectivity index (χ0v) is 20.3. The van der Waals surface area contributed by atoms with Crippen LogP contribution >= 0.6 is 27.3 Å². The summed E-state index contributed by atoms with van der Waals surface area (Å²) in [7, 11) is 1.61. The van der Waals surface area contributed by atoms with E-state index in [1.165, 1.54) is 11.3 Å². The molecule has 0 bridgehead atoms. The molecular weight excluding hydrogens is 494 g/mol. The second kappa shape index (κ2) is 11.7. The minimum atomic E-state index is -0.454. The van der Waals surface area contributed by atoms with Gasteiger partial charge in [0.15, 0.2) is 0 Å². The van der Waals surface area contributed by atoms with Crippen LogP contribution in [0.4, 0.5) is 5.00 Å². The molecule has 0 aliphatic heterocycles. The van der Waals surface area contributed by atoms with E-state index in [-0.39, 0.29) is 18.9 Å². The Bertz CT molecular complexity index is 1050. The van der Waals surface area contributed by atoms with Crippen molar-refractivity contribution in [3.63, 3.8) is 0 Å². The van der Waals surface area contributed by atoms with E-state index in [0.29, 0.717) is 29.3 Å². The third-order valence-electron chi connectivity index (χ3n) is 4.56. The van der Waals surface area contributed by atoms with E-state index < -0.39 is 5.97 Å². The van der Waals surface area contributed by atoms with Gasteiger partial charge in [0.25, 0.3) is 0 Å². The van der Waals surface area contributed by atoms with Crippen molar-refractivity contribution >= 4 is 44.1 Å². The minimum absolute atomic E-state index is 0.182. The van der Waals surface area contributed by atoms with E-state index in [1.54, 1.807) is 14.0 Å². The number of hydrogen-bond donors (Lipinski definition) is 1. The van der Waals surface area contributed by atoms with Crippen LogP contribution in [0.15, 0.2) is 58.4 Å². The van der Waals surface area contributed by atoms with Gasteiger partial charge in [0.1, 0.15) is 22.1 Å². The first-order valence-corrected chi connectivity index (χ1v) is 11.8. The van der Waals surface area contributed by atoms with E-state index in [0.717, 1.165) is 21.3 Å². The Kier molecular flexibility index (Phi) is 8.70. The average Bonchev–Trinajstić information content (AvgIpc) is 3.21. The lowest BCUT2D eigenvalue weighted by atomic mass is 10.0. The second-order valence-electron chi connectivity index (χ2n) is 6.76. The van der Waals surface area contributed by atoms with E-state index in [1.807, 2.05) is 53.9 Å². The molecule has 0 aliphatic rings. The molecule has 1 aromatic heterocycles. The van der Waals surface area contributed by atoms with Crippen molar-refractivity contribution in [3.8, 4) is 22.6 Å². The number of rotatable bonds is 10. The molecule has 3 rings (SSSR count). The third-order valence-corrected chi connectivity index (χ3v) is 5.98. The number of hydrogen-bond acceptors (Lipinski definition) is 6. The Labute approximate surface area is 199 Å². The summed E-state index contributed by atoms with van der Waals surface area (Å²) in [5.74, 6) is 0.837. The lowest BCUT2D eigenvalue weighted by Gasteiger charge is -2.10. The van der Waals surface area contributed by atoms with E-state index in [4.69, 9.17) is 14.2 Å². The molecule has 8 heteroatoms. The monoisotopic (exact) mass is 517 g/mol. The lowest BCUT2D eigenvalue weighted by Crippen LogP contribution is -2.15. The molecule has 0 spiro atoms. The Balaban J connectivity index is 1.61. The second-order valence-corrected chi connectivity index (χ2v) is 8.55. The highest BCUT2D eigenvalue weighted by Crippen LogP contribution is 2.36. The number of benzene rings is 2. The smallest absolute Gasteiger partial charge is 0.341 e. The van der Waals surface area contributed by atoms with Gasteiger partial charge in [-0.25, -0.2) is 4.79 Å². The predicted octanol–water partition coefficient (Wildman–Crippen LogP) is 6.16. The fraction of sp³-hybridized carbons (Fsp3) is 0.250. The molecule has 0 saturated heterocycles. The summed E-state index contributed by atoms with van der Waals surface area (Å²) in [5, 5.41) is 5.21. The van der Waals surface area contributed by atoms with Crippen molar-refractivity contribution in [2.75, 3.05) is 25.6 Å². The molecule has 1 amide bonds. The zero-order valence-electron chi connectivity index (χ0n) is 17.9. The van der Waals surface area contributed by atoms with Gasteiger partial charge in [-0.15, -0.1) is 11.3 Å². The fourth-order valence-corrected chi connectivity index (χ4v) is 4.22. The highest BCUT2D eigenvalue weighted by atomic mass is 79.9. The Morgan fingerprint density at radius 1 is 1.03 bits per heavy atom. The van der Waals surface area contributed by atoms with Crippen LogP contribution in [0.1, 0.15) is 30.1 Å². The fourth-order valence-electron chi connectivity index (χ4n) is 2.98. The van der Waals surface area contributed by atoms with Crippen molar-refractivity contribution < 1.29 is 23.8 Å². The van der Waals surface area contributed by atoms with Crippen LogP contribution in [0.25, 0.3) is 11.1 Å². The summed E-state index contributed by atoms with van der Waals surface area (Å²) in [6.45, 7) is 2.41. The van der Waals surface area contributed by atoms with Crippen LogP contribution in [0.3, 0.4) is 0 Å². The molecule has 0 radical (unpaired) electrons. The number of esters is 1. The molecule has 1 N–H and O–H groups in total. The maximum absolute atomic E-state index is 12.6. The first kappa shape index (κ1) is 23.8. The molecule has 0 unspecified atom stereocenters. The van der Waals surface area contributed by atoms with Crippen molar-refractivity contribution in [1.82, 2.24) is 0 Å². The molecular formula is C24H24BrNO5S. The van der Waals surface area contributed by atoms with E-state index in [9.17, 15) is 9.59 Å². The number of carbonyl (C=O) groups is 2. The van der Waals surface area contributed by atoms with Crippen LogP contribution in [-0.2, 0) is 9.53 Å². The van der Waals surface area contributed by atoms with Gasteiger partial charge < -0.3 is 19.5 Å². The molecule has 168 valence electrons. The standard InChI is InChI=1S/C24H24BrNO5S/c1-3-30-24(28)22-20(16-6-8-17(25)9-7-16)15-32-23(22)26-21(27)5-4-14-31-19-12-10-18(29-2)11-13-19/h6-13,15H,3-5,14H2,1-2H3,(H,26,27). The van der Waals surface area contributed by atoms with Gasteiger partial charge >= 0.3 is 5.97 Å². The number of amides is 1. The van der Waals surface area contributed by atoms with Crippen LogP contribution in [0.5, 0.6) is 11.5 Å². The molecule has 32 heavy (non-hydrogen) atoms. The van der Waals surface area contributed by atoms with Gasteiger partial charge in [-0.1, -0.05) is 28.1 Å². The topological polar surface area (TPSA) is 73.9 Å². The van der Waals surface area contributed by atoms with Gasteiger partial charge in [-0.2, -0.15) is 0 Å². The number of halogens is 1. The Hall–Kier alpha value is -2.84. The molecule has 1 heterocycles. The molecule has 6 nitrogen and oxygen atoms in total. The van der Waals surface area contributed by atoms with Crippen LogP contribution < -0.4 is 14.8 Å². The van der Waals surface area contributed by atoms with Crippen molar-refractivity contribution in [2.24, 2.45) is 0 Å². The summed E-state index contributed by atoms with van der Waals surface area (Å²) < 4.78 is 17.0. The lowest BCUT2D eigenvalue weighted by molar-refractivity contribution is -0.116. The highest BCUT2D eigenvalue weighted by Gasteiger charge is 2.22. The number of thiophene rings is 1. The largest absolute Gasteiger partial charge is 0.497 e. The average molecular weight is 518 g/mol. The summed E-state index contributed by atoms with van der Waals surface area (Å²) >= 11 is 4.73. The van der Waals surface area contributed by atoms with Crippen molar-refractivity contribution in [2.45, 2.75) is 19.8 Å². The number of methoxy groups -OCH3 is 1.